The van der Waals surface area contributed by atoms with E-state index in [4.69, 9.17) is 18.9 Å². The van der Waals surface area contributed by atoms with E-state index in [0.29, 0.717) is 25.9 Å². The summed E-state index contributed by atoms with van der Waals surface area (Å²) in [5, 5.41) is 10.2. The molecule has 0 saturated carbocycles. The van der Waals surface area contributed by atoms with Crippen molar-refractivity contribution >= 4 is 5.78 Å². The summed E-state index contributed by atoms with van der Waals surface area (Å²) in [6.07, 6.45) is 11.8. The Labute approximate surface area is 184 Å². The second-order valence-electron chi connectivity index (χ2n) is 8.35. The summed E-state index contributed by atoms with van der Waals surface area (Å²) in [6.45, 7) is 6.46. The molecule has 0 aromatic heterocycles. The predicted octanol–water partition coefficient (Wildman–Crippen LogP) is 4.40. The van der Waals surface area contributed by atoms with Crippen LogP contribution in [0.25, 0.3) is 0 Å². The highest BCUT2D eigenvalue weighted by Crippen LogP contribution is 2.39. The van der Waals surface area contributed by atoms with Crippen LogP contribution in [0.2, 0.25) is 0 Å². The highest BCUT2D eigenvalue weighted by molar-refractivity contribution is 5.78. The van der Waals surface area contributed by atoms with Gasteiger partial charge in [0.15, 0.2) is 5.76 Å². The highest BCUT2D eigenvalue weighted by atomic mass is 16.7. The summed E-state index contributed by atoms with van der Waals surface area (Å²) in [4.78, 5) is 12.6. The van der Waals surface area contributed by atoms with Crippen LogP contribution < -0.4 is 0 Å². The monoisotopic (exact) mass is 430 g/mol. The van der Waals surface area contributed by atoms with Crippen molar-refractivity contribution in [3.63, 3.8) is 0 Å². The van der Waals surface area contributed by atoms with Gasteiger partial charge in [-0.05, 0) is 62.3 Å². The number of aliphatic hydroxyl groups is 1. The third-order valence-corrected chi connectivity index (χ3v) is 6.34. The highest BCUT2D eigenvalue weighted by Gasteiger charge is 2.35. The molecule has 6 nitrogen and oxygen atoms in total. The molecule has 0 saturated heterocycles. The smallest absolute Gasteiger partial charge is 0.230 e. The van der Waals surface area contributed by atoms with Crippen molar-refractivity contribution in [3.05, 3.63) is 59.0 Å². The SMILES string of the molecule is CCOC1=CC=C(C[C@@H](CO)[C@@H](CC2C=CC3=C(OCO3)C2C)C(C)=O)C=C(OC)C1. The number of rotatable bonds is 10. The number of Topliss-reactive ketones (excluding diaryl/α,β-unsaturated/α-hetero) is 1. The Hall–Kier alpha value is -2.47. The molecule has 6 heteroatoms. The minimum absolute atomic E-state index is 0.0574. The fraction of sp³-hybridized carbons (Fsp3) is 0.560. The molecule has 0 fully saturated rings. The van der Waals surface area contributed by atoms with Gasteiger partial charge in [0.1, 0.15) is 23.1 Å². The molecule has 0 aromatic rings. The van der Waals surface area contributed by atoms with Crippen LogP contribution in [-0.4, -0.2) is 38.0 Å². The summed E-state index contributed by atoms with van der Waals surface area (Å²) in [7, 11) is 1.65. The first kappa shape index (κ1) is 23.2. The number of methoxy groups -OCH3 is 1. The molecule has 0 amide bonds. The number of carbonyl (C=O) groups is 1. The van der Waals surface area contributed by atoms with E-state index < -0.39 is 0 Å². The fourth-order valence-electron chi connectivity index (χ4n) is 4.54. The van der Waals surface area contributed by atoms with Gasteiger partial charge >= 0.3 is 0 Å². The standard InChI is InChI=1S/C25H34O6/c1-5-29-21-8-6-18(11-22(13-21)28-4)10-20(14-26)23(17(3)27)12-19-7-9-24-25(16(19)2)31-15-30-24/h6-9,11,16,19-20,23,26H,5,10,12-15H2,1-4H3/t16?,19?,20-,23-/m0/s1. The Morgan fingerprint density at radius 1 is 1.29 bits per heavy atom. The van der Waals surface area contributed by atoms with Crippen LogP contribution in [0, 0.1) is 23.7 Å². The van der Waals surface area contributed by atoms with Gasteiger partial charge in [0, 0.05) is 18.4 Å². The normalized spacial score (nSPS) is 24.6. The Bertz CT molecular complexity index is 816. The van der Waals surface area contributed by atoms with E-state index >= 15 is 0 Å². The van der Waals surface area contributed by atoms with Crippen molar-refractivity contribution in [2.45, 2.75) is 40.0 Å². The molecule has 3 rings (SSSR count). The van der Waals surface area contributed by atoms with Crippen LogP contribution >= 0.6 is 0 Å². The number of ether oxygens (including phenoxy) is 4. The van der Waals surface area contributed by atoms with Gasteiger partial charge in [-0.3, -0.25) is 4.79 Å². The Kier molecular flexibility index (Phi) is 8.02. The van der Waals surface area contributed by atoms with Gasteiger partial charge in [-0.2, -0.15) is 0 Å². The largest absolute Gasteiger partial charge is 0.501 e. The quantitative estimate of drug-likeness (QED) is 0.554. The zero-order valence-electron chi connectivity index (χ0n) is 18.9. The summed E-state index contributed by atoms with van der Waals surface area (Å²) in [6, 6.07) is 0. The molecule has 3 aliphatic rings. The fourth-order valence-corrected chi connectivity index (χ4v) is 4.54. The Morgan fingerprint density at radius 2 is 2.10 bits per heavy atom. The van der Waals surface area contributed by atoms with E-state index in [-0.39, 0.29) is 42.9 Å². The van der Waals surface area contributed by atoms with Crippen molar-refractivity contribution in [1.82, 2.24) is 0 Å². The zero-order valence-corrected chi connectivity index (χ0v) is 18.9. The molecular weight excluding hydrogens is 396 g/mol. The molecule has 4 atom stereocenters. The van der Waals surface area contributed by atoms with Crippen LogP contribution in [-0.2, 0) is 23.7 Å². The first-order valence-electron chi connectivity index (χ1n) is 11.0. The lowest BCUT2D eigenvalue weighted by molar-refractivity contribution is -0.123. The van der Waals surface area contributed by atoms with Gasteiger partial charge in [0.2, 0.25) is 6.79 Å². The molecule has 0 radical (unpaired) electrons. The third-order valence-electron chi connectivity index (χ3n) is 6.34. The molecule has 1 heterocycles. The molecule has 1 N–H and O–H groups in total. The minimum Gasteiger partial charge on any atom is -0.501 e. The molecule has 2 aliphatic carbocycles. The maximum Gasteiger partial charge on any atom is 0.230 e. The summed E-state index contributed by atoms with van der Waals surface area (Å²) in [5.41, 5.74) is 1.02. The number of allylic oxidation sites excluding steroid dienone is 7. The van der Waals surface area contributed by atoms with Crippen molar-refractivity contribution in [2.75, 3.05) is 27.1 Å². The zero-order chi connectivity index (χ0) is 22.4. The van der Waals surface area contributed by atoms with E-state index in [0.717, 1.165) is 28.6 Å². The summed E-state index contributed by atoms with van der Waals surface area (Å²) in [5.74, 6) is 3.25. The van der Waals surface area contributed by atoms with Crippen LogP contribution in [0.5, 0.6) is 0 Å². The van der Waals surface area contributed by atoms with Crippen LogP contribution in [0.15, 0.2) is 59.0 Å². The molecule has 0 spiro atoms. The van der Waals surface area contributed by atoms with E-state index in [1.165, 1.54) is 0 Å². The Morgan fingerprint density at radius 3 is 2.77 bits per heavy atom. The van der Waals surface area contributed by atoms with Crippen molar-refractivity contribution in [2.24, 2.45) is 23.7 Å². The summed E-state index contributed by atoms with van der Waals surface area (Å²) >= 11 is 0. The van der Waals surface area contributed by atoms with E-state index in [2.05, 4.69) is 13.0 Å². The van der Waals surface area contributed by atoms with Crippen molar-refractivity contribution in [1.29, 1.82) is 0 Å². The molecule has 31 heavy (non-hydrogen) atoms. The second-order valence-corrected chi connectivity index (χ2v) is 8.35. The average molecular weight is 431 g/mol. The number of ketones is 1. The second kappa shape index (κ2) is 10.7. The van der Waals surface area contributed by atoms with Crippen molar-refractivity contribution in [3.8, 4) is 0 Å². The Balaban J connectivity index is 1.75. The molecule has 0 bridgehead atoms. The van der Waals surface area contributed by atoms with Crippen LogP contribution in [0.4, 0.5) is 0 Å². The number of hydrogen-bond acceptors (Lipinski definition) is 6. The lowest BCUT2D eigenvalue weighted by Crippen LogP contribution is -2.30. The lowest BCUT2D eigenvalue weighted by Gasteiger charge is -2.31. The maximum atomic E-state index is 12.6. The topological polar surface area (TPSA) is 74.2 Å². The maximum absolute atomic E-state index is 12.6. The molecule has 170 valence electrons. The van der Waals surface area contributed by atoms with Gasteiger partial charge in [-0.1, -0.05) is 19.1 Å². The van der Waals surface area contributed by atoms with Gasteiger partial charge < -0.3 is 24.1 Å². The first-order chi connectivity index (χ1) is 15.0. The van der Waals surface area contributed by atoms with Crippen LogP contribution in [0.3, 0.4) is 0 Å². The minimum atomic E-state index is -0.259. The van der Waals surface area contributed by atoms with Gasteiger partial charge in [0.25, 0.3) is 0 Å². The predicted molar refractivity (Wildman–Crippen MR) is 117 cm³/mol. The summed E-state index contributed by atoms with van der Waals surface area (Å²) < 4.78 is 22.3. The molecule has 0 aromatic carbocycles. The third kappa shape index (κ3) is 5.62. The first-order valence-corrected chi connectivity index (χ1v) is 11.0. The molecular formula is C25H34O6. The average Bonchev–Trinajstić information content (AvgIpc) is 3.15. The number of carbonyl (C=O) groups excluding carboxylic acids is 1. The number of hydrogen-bond donors (Lipinski definition) is 1. The van der Waals surface area contributed by atoms with Crippen molar-refractivity contribution < 1.29 is 28.8 Å². The molecule has 1 aliphatic heterocycles. The van der Waals surface area contributed by atoms with Gasteiger partial charge in [-0.25, -0.2) is 0 Å². The van der Waals surface area contributed by atoms with E-state index in [1.807, 2.05) is 31.2 Å². The van der Waals surface area contributed by atoms with Gasteiger partial charge in [0.05, 0.1) is 20.1 Å². The van der Waals surface area contributed by atoms with Crippen LogP contribution in [0.1, 0.15) is 40.0 Å². The van der Waals surface area contributed by atoms with E-state index in [9.17, 15) is 9.90 Å². The molecule has 2 unspecified atom stereocenters. The van der Waals surface area contributed by atoms with Gasteiger partial charge in [-0.15, -0.1) is 0 Å². The van der Waals surface area contributed by atoms with E-state index in [1.54, 1.807) is 14.0 Å². The lowest BCUT2D eigenvalue weighted by atomic mass is 9.74. The number of aliphatic hydroxyl groups excluding tert-OH is 1.